The molecule has 0 amide bonds. The molecular weight excluding hydrogens is 261 g/mol. The topological polar surface area (TPSA) is 64.4 Å². The zero-order valence-corrected chi connectivity index (χ0v) is 9.56. The minimum absolute atomic E-state index is 0.0183. The minimum Gasteiger partial charge on any atom is -0.423 e. The van der Waals surface area contributed by atoms with Crippen molar-refractivity contribution < 1.29 is 13.9 Å². The Morgan fingerprint density at radius 3 is 2.72 bits per heavy atom. The van der Waals surface area contributed by atoms with E-state index in [0.717, 1.165) is 6.07 Å². The van der Waals surface area contributed by atoms with E-state index in [1.165, 1.54) is 24.5 Å². The number of halogens is 2. The van der Waals surface area contributed by atoms with E-state index in [0.29, 0.717) is 0 Å². The van der Waals surface area contributed by atoms with Gasteiger partial charge in [-0.05, 0) is 12.1 Å². The van der Waals surface area contributed by atoms with Crippen LogP contribution in [-0.2, 0) is 4.79 Å². The van der Waals surface area contributed by atoms with E-state index < -0.39 is 5.82 Å². The molecule has 0 bridgehead atoms. The van der Waals surface area contributed by atoms with E-state index >= 15 is 0 Å². The first-order valence-electron chi connectivity index (χ1n) is 4.72. The summed E-state index contributed by atoms with van der Waals surface area (Å²) in [5.74, 6) is -0.650. The zero-order valence-electron chi connectivity index (χ0n) is 8.80. The Morgan fingerprint density at radius 1 is 1.33 bits per heavy atom. The van der Waals surface area contributed by atoms with E-state index in [1.54, 1.807) is 6.07 Å². The van der Waals surface area contributed by atoms with Crippen molar-refractivity contribution >= 4 is 23.4 Å². The van der Waals surface area contributed by atoms with Crippen LogP contribution in [0.2, 0.25) is 5.02 Å². The van der Waals surface area contributed by atoms with E-state index in [9.17, 15) is 9.18 Å². The van der Waals surface area contributed by atoms with Gasteiger partial charge in [-0.1, -0.05) is 11.6 Å². The lowest BCUT2D eigenvalue weighted by molar-refractivity contribution is 0.441. The van der Waals surface area contributed by atoms with E-state index in [2.05, 4.69) is 15.0 Å². The Bertz CT molecular complexity index is 615. The number of aliphatic imine (C=N–C) groups is 1. The highest BCUT2D eigenvalue weighted by Gasteiger charge is 2.11. The third-order valence-corrected chi connectivity index (χ3v) is 2.21. The molecule has 18 heavy (non-hydrogen) atoms. The van der Waals surface area contributed by atoms with Crippen LogP contribution in [0.1, 0.15) is 0 Å². The summed E-state index contributed by atoms with van der Waals surface area (Å²) in [6.45, 7) is 0. The quantitative estimate of drug-likeness (QED) is 0.632. The van der Waals surface area contributed by atoms with Crippen molar-refractivity contribution in [2.45, 2.75) is 0 Å². The van der Waals surface area contributed by atoms with Crippen LogP contribution in [0, 0.1) is 5.82 Å². The van der Waals surface area contributed by atoms with Crippen LogP contribution in [0.4, 0.5) is 10.1 Å². The molecule has 0 fully saturated rings. The molecule has 0 unspecified atom stereocenters. The van der Waals surface area contributed by atoms with E-state index in [4.69, 9.17) is 16.3 Å². The van der Waals surface area contributed by atoms with Crippen molar-refractivity contribution in [1.82, 2.24) is 9.97 Å². The van der Waals surface area contributed by atoms with Crippen molar-refractivity contribution in [3.63, 3.8) is 0 Å². The summed E-state index contributed by atoms with van der Waals surface area (Å²) >= 11 is 5.79. The summed E-state index contributed by atoms with van der Waals surface area (Å²) in [5.41, 5.74) is -0.222. The van der Waals surface area contributed by atoms with Crippen LogP contribution in [-0.4, -0.2) is 16.0 Å². The molecule has 0 saturated heterocycles. The molecule has 0 aliphatic rings. The zero-order chi connectivity index (χ0) is 13.0. The number of benzene rings is 1. The molecular formula is C11H5ClFN3O2. The minimum atomic E-state index is -0.746. The molecule has 0 radical (unpaired) electrons. The fraction of sp³-hybridized carbons (Fsp3) is 0. The van der Waals surface area contributed by atoms with Gasteiger partial charge < -0.3 is 4.74 Å². The highest BCUT2D eigenvalue weighted by molar-refractivity contribution is 6.32. The van der Waals surface area contributed by atoms with Gasteiger partial charge in [0.1, 0.15) is 5.69 Å². The third-order valence-electron chi connectivity index (χ3n) is 1.91. The largest absolute Gasteiger partial charge is 0.423 e. The normalized spacial score (nSPS) is 9.67. The molecule has 7 heteroatoms. The summed E-state index contributed by atoms with van der Waals surface area (Å²) in [6.07, 6.45) is 4.19. The molecule has 2 rings (SSSR count). The first-order valence-corrected chi connectivity index (χ1v) is 5.10. The average molecular weight is 266 g/mol. The Hall–Kier alpha value is -2.30. The maximum absolute atomic E-state index is 13.3. The van der Waals surface area contributed by atoms with Crippen molar-refractivity contribution in [1.29, 1.82) is 0 Å². The standard InChI is InChI=1S/C11H5ClFN3O2/c12-7-4-8(13)9(16-6-17)5-10(7)18-11-14-2-1-3-15-11/h1-5H. The molecule has 1 aromatic carbocycles. The molecule has 1 aromatic heterocycles. The molecule has 1 heterocycles. The van der Waals surface area contributed by atoms with Gasteiger partial charge in [-0.25, -0.2) is 19.2 Å². The second-order valence-corrected chi connectivity index (χ2v) is 3.48. The van der Waals surface area contributed by atoms with Gasteiger partial charge in [-0.2, -0.15) is 4.99 Å². The summed E-state index contributed by atoms with van der Waals surface area (Å²) in [6, 6.07) is 3.81. The number of ether oxygens (including phenoxy) is 1. The fourth-order valence-electron chi connectivity index (χ4n) is 1.17. The Kier molecular flexibility index (Phi) is 3.62. The summed E-state index contributed by atoms with van der Waals surface area (Å²) < 4.78 is 18.6. The van der Waals surface area contributed by atoms with Gasteiger partial charge in [0, 0.05) is 18.5 Å². The molecule has 0 aliphatic heterocycles. The number of rotatable bonds is 3. The molecule has 5 nitrogen and oxygen atoms in total. The van der Waals surface area contributed by atoms with Crippen LogP contribution in [0.3, 0.4) is 0 Å². The van der Waals surface area contributed by atoms with Gasteiger partial charge in [0.25, 0.3) is 0 Å². The van der Waals surface area contributed by atoms with Crippen LogP contribution in [0.25, 0.3) is 0 Å². The van der Waals surface area contributed by atoms with Gasteiger partial charge in [0.15, 0.2) is 11.6 Å². The number of aromatic nitrogens is 2. The summed E-state index contributed by atoms with van der Waals surface area (Å²) in [5, 5.41) is 0.0183. The van der Waals surface area contributed by atoms with Gasteiger partial charge in [-0.15, -0.1) is 0 Å². The average Bonchev–Trinajstić information content (AvgIpc) is 2.37. The lowest BCUT2D eigenvalue weighted by Crippen LogP contribution is -1.91. The molecule has 90 valence electrons. The third kappa shape index (κ3) is 2.68. The lowest BCUT2D eigenvalue weighted by atomic mass is 10.3. The Balaban J connectivity index is 2.39. The van der Waals surface area contributed by atoms with Gasteiger partial charge in [0.2, 0.25) is 6.08 Å². The van der Waals surface area contributed by atoms with Crippen molar-refractivity contribution in [3.05, 3.63) is 41.4 Å². The second kappa shape index (κ2) is 5.35. The molecule has 0 atom stereocenters. The smallest absolute Gasteiger partial charge is 0.321 e. The Morgan fingerprint density at radius 2 is 2.06 bits per heavy atom. The monoisotopic (exact) mass is 265 g/mol. The second-order valence-electron chi connectivity index (χ2n) is 3.07. The van der Waals surface area contributed by atoms with Gasteiger partial charge in [-0.3, -0.25) is 0 Å². The lowest BCUT2D eigenvalue weighted by Gasteiger charge is -2.06. The van der Waals surface area contributed by atoms with Crippen LogP contribution < -0.4 is 4.74 Å². The first kappa shape index (κ1) is 12.2. The summed E-state index contributed by atoms with van der Waals surface area (Å²) in [7, 11) is 0. The van der Waals surface area contributed by atoms with Crippen LogP contribution in [0.15, 0.2) is 35.6 Å². The highest BCUT2D eigenvalue weighted by Crippen LogP contribution is 2.33. The highest BCUT2D eigenvalue weighted by atomic mass is 35.5. The molecule has 0 saturated carbocycles. The maximum atomic E-state index is 13.3. The van der Waals surface area contributed by atoms with Crippen LogP contribution >= 0.6 is 11.6 Å². The first-order chi connectivity index (χ1) is 8.70. The van der Waals surface area contributed by atoms with Crippen molar-refractivity contribution in [2.75, 3.05) is 0 Å². The number of hydrogen-bond acceptors (Lipinski definition) is 5. The summed E-state index contributed by atoms with van der Waals surface area (Å²) in [4.78, 5) is 21.0. The predicted octanol–water partition coefficient (Wildman–Crippen LogP) is 3.03. The molecule has 2 aromatic rings. The molecule has 0 spiro atoms. The molecule has 0 aliphatic carbocycles. The van der Waals surface area contributed by atoms with Crippen LogP contribution in [0.5, 0.6) is 11.8 Å². The predicted molar refractivity (Wildman–Crippen MR) is 61.3 cm³/mol. The van der Waals surface area contributed by atoms with E-state index in [1.807, 2.05) is 0 Å². The van der Waals surface area contributed by atoms with Crippen molar-refractivity contribution in [3.8, 4) is 11.8 Å². The number of nitrogens with zero attached hydrogens (tertiary/aromatic N) is 3. The number of hydrogen-bond donors (Lipinski definition) is 0. The Labute approximate surface area is 106 Å². The van der Waals surface area contributed by atoms with Gasteiger partial charge >= 0.3 is 6.01 Å². The van der Waals surface area contributed by atoms with Crippen molar-refractivity contribution in [2.24, 2.45) is 4.99 Å². The van der Waals surface area contributed by atoms with E-state index in [-0.39, 0.29) is 22.5 Å². The number of isocyanates is 1. The molecule has 0 N–H and O–H groups in total. The fourth-order valence-corrected chi connectivity index (χ4v) is 1.36. The maximum Gasteiger partial charge on any atom is 0.321 e. The SMILES string of the molecule is O=C=Nc1cc(Oc2ncccn2)c(Cl)cc1F. The van der Waals surface area contributed by atoms with Gasteiger partial charge in [0.05, 0.1) is 5.02 Å². The number of carbonyl (C=O) groups excluding carboxylic acids is 1.